The van der Waals surface area contributed by atoms with Crippen LogP contribution >= 0.6 is 0 Å². The Morgan fingerprint density at radius 3 is 2.59 bits per heavy atom. The van der Waals surface area contributed by atoms with Crippen molar-refractivity contribution in [1.82, 2.24) is 10.3 Å². The van der Waals surface area contributed by atoms with Gasteiger partial charge in [0.25, 0.3) is 5.91 Å². The van der Waals surface area contributed by atoms with Gasteiger partial charge in [-0.15, -0.1) is 0 Å². The molecule has 3 N–H and O–H groups in total. The van der Waals surface area contributed by atoms with Crippen LogP contribution < -0.4 is 10.6 Å². The summed E-state index contributed by atoms with van der Waals surface area (Å²) in [5, 5.41) is 15.8. The Morgan fingerprint density at radius 1 is 1.17 bits per heavy atom. The number of aromatic nitrogens is 1. The predicted molar refractivity (Wildman–Crippen MR) is 113 cm³/mol. The van der Waals surface area contributed by atoms with Crippen LogP contribution in [0, 0.1) is 5.92 Å². The molecule has 1 aromatic carbocycles. The first kappa shape index (κ1) is 20.8. The van der Waals surface area contributed by atoms with Gasteiger partial charge in [-0.25, -0.2) is 0 Å². The summed E-state index contributed by atoms with van der Waals surface area (Å²) in [6.07, 6.45) is 5.10. The predicted octanol–water partition coefficient (Wildman–Crippen LogP) is 3.80. The number of hydrogen-bond donors (Lipinski definition) is 3. The summed E-state index contributed by atoms with van der Waals surface area (Å²) in [5.41, 5.74) is 2.33. The Morgan fingerprint density at radius 2 is 1.93 bits per heavy atom. The quantitative estimate of drug-likeness (QED) is 0.694. The number of amides is 2. The maximum atomic E-state index is 12.5. The number of carbonyl (C=O) groups is 2. The third-order valence-corrected chi connectivity index (χ3v) is 5.35. The van der Waals surface area contributed by atoms with Crippen LogP contribution in [0.2, 0.25) is 0 Å². The Hall–Kier alpha value is -2.89. The molecule has 1 saturated carbocycles. The van der Waals surface area contributed by atoms with Gasteiger partial charge in [-0.2, -0.15) is 0 Å². The monoisotopic (exact) mass is 395 g/mol. The Balaban J connectivity index is 1.63. The lowest BCUT2D eigenvalue weighted by Crippen LogP contribution is -2.32. The number of benzene rings is 1. The number of carbonyl (C=O) groups excluding carboxylic acids is 2. The van der Waals surface area contributed by atoms with E-state index in [4.69, 9.17) is 0 Å². The minimum absolute atomic E-state index is 0.0429. The van der Waals surface area contributed by atoms with Crippen LogP contribution in [0.5, 0.6) is 5.75 Å². The Bertz CT molecular complexity index is 898. The zero-order chi connectivity index (χ0) is 21.0. The topological polar surface area (TPSA) is 91.3 Å². The number of phenols is 1. The van der Waals surface area contributed by atoms with E-state index >= 15 is 0 Å². The molecule has 1 aliphatic carbocycles. The van der Waals surface area contributed by atoms with Crippen LogP contribution in [0.15, 0.2) is 36.5 Å². The SMILES string of the molecule is CC(C)(C)c1ccc(O)c(CC(=O)Nc2ccnc(C(=O)NCC3CCC3)c2)c1. The molecule has 1 aromatic heterocycles. The second-order valence-corrected chi connectivity index (χ2v) is 8.76. The molecule has 0 radical (unpaired) electrons. The molecule has 6 nitrogen and oxygen atoms in total. The number of phenolic OH excluding ortho intramolecular Hbond substituents is 1. The third-order valence-electron chi connectivity index (χ3n) is 5.35. The molecule has 29 heavy (non-hydrogen) atoms. The normalized spacial score (nSPS) is 14.2. The highest BCUT2D eigenvalue weighted by Crippen LogP contribution is 2.28. The first-order valence-corrected chi connectivity index (χ1v) is 10.1. The minimum Gasteiger partial charge on any atom is -0.508 e. The number of anilines is 1. The second kappa shape index (κ2) is 8.64. The van der Waals surface area contributed by atoms with Crippen LogP contribution in [-0.4, -0.2) is 28.4 Å². The molecular formula is C23H29N3O3. The highest BCUT2D eigenvalue weighted by molar-refractivity contribution is 5.96. The van der Waals surface area contributed by atoms with E-state index in [1.165, 1.54) is 12.6 Å². The van der Waals surface area contributed by atoms with E-state index in [-0.39, 0.29) is 35.1 Å². The van der Waals surface area contributed by atoms with Crippen LogP contribution in [0.3, 0.4) is 0 Å². The van der Waals surface area contributed by atoms with Gasteiger partial charge < -0.3 is 15.7 Å². The third kappa shape index (κ3) is 5.56. The maximum absolute atomic E-state index is 12.5. The van der Waals surface area contributed by atoms with Crippen LogP contribution in [-0.2, 0) is 16.6 Å². The van der Waals surface area contributed by atoms with Gasteiger partial charge in [-0.05, 0) is 47.9 Å². The van der Waals surface area contributed by atoms with Gasteiger partial charge in [0.05, 0.1) is 6.42 Å². The van der Waals surface area contributed by atoms with E-state index in [1.807, 2.05) is 12.1 Å². The molecule has 0 atom stereocenters. The van der Waals surface area contributed by atoms with E-state index in [2.05, 4.69) is 36.4 Å². The molecule has 3 rings (SSSR count). The smallest absolute Gasteiger partial charge is 0.269 e. The lowest BCUT2D eigenvalue weighted by molar-refractivity contribution is -0.115. The lowest BCUT2D eigenvalue weighted by Gasteiger charge is -2.25. The van der Waals surface area contributed by atoms with Crippen molar-refractivity contribution in [3.63, 3.8) is 0 Å². The first-order valence-electron chi connectivity index (χ1n) is 10.1. The number of pyridine rings is 1. The van der Waals surface area contributed by atoms with Gasteiger partial charge in [0, 0.05) is 24.0 Å². The second-order valence-electron chi connectivity index (χ2n) is 8.76. The molecule has 0 unspecified atom stereocenters. The lowest BCUT2D eigenvalue weighted by atomic mass is 9.85. The number of hydrogen-bond acceptors (Lipinski definition) is 4. The van der Waals surface area contributed by atoms with Gasteiger partial charge in [0.2, 0.25) is 5.91 Å². The summed E-state index contributed by atoms with van der Waals surface area (Å²) in [6, 6.07) is 8.57. The summed E-state index contributed by atoms with van der Waals surface area (Å²) in [6.45, 7) is 6.91. The van der Waals surface area contributed by atoms with Crippen molar-refractivity contribution in [2.45, 2.75) is 51.9 Å². The highest BCUT2D eigenvalue weighted by Gasteiger charge is 2.19. The van der Waals surface area contributed by atoms with Gasteiger partial charge in [-0.3, -0.25) is 14.6 Å². The van der Waals surface area contributed by atoms with Crippen molar-refractivity contribution in [2.75, 3.05) is 11.9 Å². The largest absolute Gasteiger partial charge is 0.508 e. The van der Waals surface area contributed by atoms with E-state index in [0.717, 1.165) is 18.4 Å². The maximum Gasteiger partial charge on any atom is 0.269 e. The van der Waals surface area contributed by atoms with Gasteiger partial charge in [0.15, 0.2) is 0 Å². The molecule has 1 aliphatic rings. The zero-order valence-electron chi connectivity index (χ0n) is 17.3. The average Bonchev–Trinajstić information content (AvgIpc) is 2.61. The van der Waals surface area contributed by atoms with Crippen molar-refractivity contribution in [3.05, 3.63) is 53.3 Å². The molecule has 0 spiro atoms. The van der Waals surface area contributed by atoms with Crippen molar-refractivity contribution < 1.29 is 14.7 Å². The van der Waals surface area contributed by atoms with Gasteiger partial charge >= 0.3 is 0 Å². The fourth-order valence-corrected chi connectivity index (χ4v) is 3.23. The van der Waals surface area contributed by atoms with Crippen LogP contribution in [0.25, 0.3) is 0 Å². The molecule has 154 valence electrons. The van der Waals surface area contributed by atoms with E-state index in [9.17, 15) is 14.7 Å². The first-order chi connectivity index (χ1) is 13.7. The summed E-state index contributed by atoms with van der Waals surface area (Å²) >= 11 is 0. The molecule has 0 saturated heterocycles. The average molecular weight is 396 g/mol. The van der Waals surface area contributed by atoms with Crippen molar-refractivity contribution in [3.8, 4) is 5.75 Å². The van der Waals surface area contributed by atoms with E-state index in [0.29, 0.717) is 23.7 Å². The minimum atomic E-state index is -0.265. The molecule has 0 aliphatic heterocycles. The fraction of sp³-hybridized carbons (Fsp3) is 0.435. The number of aromatic hydroxyl groups is 1. The fourth-order valence-electron chi connectivity index (χ4n) is 3.23. The van der Waals surface area contributed by atoms with E-state index < -0.39 is 0 Å². The van der Waals surface area contributed by atoms with Crippen molar-refractivity contribution in [2.24, 2.45) is 5.92 Å². The Kier molecular flexibility index (Phi) is 6.20. The summed E-state index contributed by atoms with van der Waals surface area (Å²) in [7, 11) is 0. The van der Waals surface area contributed by atoms with Gasteiger partial charge in [0.1, 0.15) is 11.4 Å². The molecule has 2 amide bonds. The Labute approximate surface area is 171 Å². The molecule has 1 fully saturated rings. The summed E-state index contributed by atoms with van der Waals surface area (Å²) in [4.78, 5) is 28.9. The molecular weight excluding hydrogens is 366 g/mol. The van der Waals surface area contributed by atoms with Crippen molar-refractivity contribution in [1.29, 1.82) is 0 Å². The molecule has 6 heteroatoms. The van der Waals surface area contributed by atoms with Crippen LogP contribution in [0.1, 0.15) is 61.6 Å². The van der Waals surface area contributed by atoms with Crippen molar-refractivity contribution >= 4 is 17.5 Å². The van der Waals surface area contributed by atoms with Gasteiger partial charge in [-0.1, -0.05) is 39.3 Å². The molecule has 1 heterocycles. The summed E-state index contributed by atoms with van der Waals surface area (Å²) < 4.78 is 0. The van der Waals surface area contributed by atoms with E-state index in [1.54, 1.807) is 18.2 Å². The number of nitrogens with zero attached hydrogens (tertiary/aromatic N) is 1. The number of nitrogens with one attached hydrogen (secondary N) is 2. The van der Waals surface area contributed by atoms with Crippen LogP contribution in [0.4, 0.5) is 5.69 Å². The zero-order valence-corrected chi connectivity index (χ0v) is 17.3. The number of rotatable bonds is 6. The standard InChI is InChI=1S/C23H29N3O3/c1-23(2,3)17-7-8-20(27)16(11-17)12-21(28)26-18-9-10-24-19(13-18)22(29)25-14-15-5-4-6-15/h7-11,13,15,27H,4-6,12,14H2,1-3H3,(H,25,29)(H,24,26,28). The molecule has 0 bridgehead atoms. The summed E-state index contributed by atoms with van der Waals surface area (Å²) in [5.74, 6) is 0.166. The molecule has 2 aromatic rings. The highest BCUT2D eigenvalue weighted by atomic mass is 16.3.